The number of fused-ring (bicyclic) bond motifs is 1. The van der Waals surface area contributed by atoms with Crippen LogP contribution in [-0.2, 0) is 4.79 Å². The number of para-hydroxylation sites is 1. The predicted octanol–water partition coefficient (Wildman–Crippen LogP) is 4.52. The van der Waals surface area contributed by atoms with Gasteiger partial charge in [0, 0.05) is 28.9 Å². The number of hydrogen-bond acceptors (Lipinski definition) is 4. The topological polar surface area (TPSA) is 90.7 Å². The zero-order chi connectivity index (χ0) is 22.0. The maximum Gasteiger partial charge on any atom is 0.305 e. The first-order valence-electron chi connectivity index (χ1n) is 10.4. The lowest BCUT2D eigenvalue weighted by atomic mass is 9.92. The number of aliphatic hydroxyl groups excluding tert-OH is 2. The first kappa shape index (κ1) is 21.2. The zero-order valence-corrected chi connectivity index (χ0v) is 16.9. The van der Waals surface area contributed by atoms with Gasteiger partial charge >= 0.3 is 5.97 Å². The van der Waals surface area contributed by atoms with E-state index in [1.807, 2.05) is 24.3 Å². The molecule has 1 aromatic heterocycles. The normalized spacial score (nSPS) is 16.0. The molecule has 0 aliphatic heterocycles. The number of halogens is 1. The van der Waals surface area contributed by atoms with Gasteiger partial charge in [0.25, 0.3) is 0 Å². The third-order valence-corrected chi connectivity index (χ3v) is 5.47. The minimum absolute atomic E-state index is 0.0749. The van der Waals surface area contributed by atoms with Crippen LogP contribution in [0.15, 0.2) is 54.6 Å². The highest BCUT2D eigenvalue weighted by Crippen LogP contribution is 2.45. The molecule has 3 N–H and O–H groups in total. The molecule has 1 aliphatic rings. The average Bonchev–Trinajstić information content (AvgIpc) is 3.56. The summed E-state index contributed by atoms with van der Waals surface area (Å²) in [4.78, 5) is 15.6. The molecule has 160 valence electrons. The van der Waals surface area contributed by atoms with E-state index in [-0.39, 0.29) is 12.2 Å². The lowest BCUT2D eigenvalue weighted by molar-refractivity contribution is -0.139. The van der Waals surface area contributed by atoms with Crippen LogP contribution in [0.2, 0.25) is 0 Å². The molecule has 31 heavy (non-hydrogen) atoms. The van der Waals surface area contributed by atoms with Gasteiger partial charge < -0.3 is 15.3 Å². The SMILES string of the molecule is O=C(O)C[C@H](O)CC(O)/C=C/c1c(C2CC2)nc2ccccc2c1-c1ccc(F)cc1. The third-order valence-electron chi connectivity index (χ3n) is 5.47. The van der Waals surface area contributed by atoms with Crippen LogP contribution in [0.4, 0.5) is 4.39 Å². The van der Waals surface area contributed by atoms with Gasteiger partial charge in [0.2, 0.25) is 0 Å². The van der Waals surface area contributed by atoms with Crippen LogP contribution in [-0.4, -0.2) is 38.5 Å². The fourth-order valence-corrected chi connectivity index (χ4v) is 3.86. The van der Waals surface area contributed by atoms with Gasteiger partial charge in [-0.25, -0.2) is 4.39 Å². The predicted molar refractivity (Wildman–Crippen MR) is 117 cm³/mol. The molecular formula is C25H24FNO4. The molecule has 2 aromatic carbocycles. The maximum atomic E-state index is 13.6. The van der Waals surface area contributed by atoms with E-state index in [0.717, 1.165) is 46.1 Å². The molecule has 0 bridgehead atoms. The van der Waals surface area contributed by atoms with E-state index in [4.69, 9.17) is 10.1 Å². The quantitative estimate of drug-likeness (QED) is 0.498. The summed E-state index contributed by atoms with van der Waals surface area (Å²) in [7, 11) is 0. The Bertz CT molecular complexity index is 1120. The van der Waals surface area contributed by atoms with E-state index >= 15 is 0 Å². The van der Waals surface area contributed by atoms with Crippen molar-refractivity contribution in [3.8, 4) is 11.1 Å². The lowest BCUT2D eigenvalue weighted by Gasteiger charge is -2.16. The van der Waals surface area contributed by atoms with Crippen molar-refractivity contribution >= 4 is 22.9 Å². The summed E-state index contributed by atoms with van der Waals surface area (Å²) in [6, 6.07) is 14.1. The summed E-state index contributed by atoms with van der Waals surface area (Å²) in [6.45, 7) is 0. The van der Waals surface area contributed by atoms with E-state index < -0.39 is 24.6 Å². The smallest absolute Gasteiger partial charge is 0.305 e. The number of nitrogens with zero attached hydrogens (tertiary/aromatic N) is 1. The Labute approximate surface area is 179 Å². The van der Waals surface area contributed by atoms with Gasteiger partial charge in [-0.1, -0.05) is 42.5 Å². The van der Waals surface area contributed by atoms with Crippen LogP contribution >= 0.6 is 0 Å². The van der Waals surface area contributed by atoms with Crippen molar-refractivity contribution < 1.29 is 24.5 Å². The molecule has 0 amide bonds. The summed E-state index contributed by atoms with van der Waals surface area (Å²) in [5.74, 6) is -1.10. The van der Waals surface area contributed by atoms with E-state index in [9.17, 15) is 19.4 Å². The molecule has 4 rings (SSSR count). The molecule has 0 radical (unpaired) electrons. The molecule has 3 aromatic rings. The molecule has 1 saturated carbocycles. The summed E-state index contributed by atoms with van der Waals surface area (Å²) in [5.41, 5.74) is 4.43. The molecular weight excluding hydrogens is 397 g/mol. The molecule has 0 spiro atoms. The third kappa shape index (κ3) is 4.98. The van der Waals surface area contributed by atoms with Crippen LogP contribution in [0, 0.1) is 5.82 Å². The van der Waals surface area contributed by atoms with E-state index in [1.54, 1.807) is 24.3 Å². The van der Waals surface area contributed by atoms with E-state index in [2.05, 4.69) is 0 Å². The number of rotatable bonds is 8. The van der Waals surface area contributed by atoms with Gasteiger partial charge in [0.05, 0.1) is 29.8 Å². The molecule has 1 fully saturated rings. The van der Waals surface area contributed by atoms with Crippen LogP contribution in [0.1, 0.15) is 42.9 Å². The summed E-state index contributed by atoms with van der Waals surface area (Å²) in [6.07, 6.45) is 2.80. The first-order chi connectivity index (χ1) is 14.9. The van der Waals surface area contributed by atoms with Gasteiger partial charge in [-0.3, -0.25) is 9.78 Å². The minimum Gasteiger partial charge on any atom is -0.481 e. The van der Waals surface area contributed by atoms with Crippen molar-refractivity contribution in [2.45, 2.75) is 43.8 Å². The monoisotopic (exact) mass is 421 g/mol. The Hall–Kier alpha value is -3.09. The van der Waals surface area contributed by atoms with E-state index in [1.165, 1.54) is 12.1 Å². The largest absolute Gasteiger partial charge is 0.481 e. The second-order valence-electron chi connectivity index (χ2n) is 8.00. The maximum absolute atomic E-state index is 13.6. The second-order valence-corrected chi connectivity index (χ2v) is 8.00. The molecule has 0 saturated heterocycles. The number of aromatic nitrogens is 1. The van der Waals surface area contributed by atoms with Crippen molar-refractivity contribution in [1.82, 2.24) is 4.98 Å². The van der Waals surface area contributed by atoms with Crippen molar-refractivity contribution in [1.29, 1.82) is 0 Å². The van der Waals surface area contributed by atoms with Crippen molar-refractivity contribution in [3.05, 3.63) is 71.7 Å². The summed E-state index contributed by atoms with van der Waals surface area (Å²) in [5, 5.41) is 29.9. The Morgan fingerprint density at radius 2 is 1.84 bits per heavy atom. The Kier molecular flexibility index (Phi) is 6.11. The molecule has 1 aliphatic carbocycles. The Morgan fingerprint density at radius 3 is 2.52 bits per heavy atom. The number of aliphatic hydroxyl groups is 2. The number of pyridine rings is 1. The number of carboxylic acids is 1. The van der Waals surface area contributed by atoms with Gasteiger partial charge in [-0.2, -0.15) is 0 Å². The Balaban J connectivity index is 1.79. The highest BCUT2D eigenvalue weighted by Gasteiger charge is 2.29. The van der Waals surface area contributed by atoms with Gasteiger partial charge in [0.1, 0.15) is 5.82 Å². The fourth-order valence-electron chi connectivity index (χ4n) is 3.86. The van der Waals surface area contributed by atoms with Crippen LogP contribution in [0.5, 0.6) is 0 Å². The first-order valence-corrected chi connectivity index (χ1v) is 10.4. The van der Waals surface area contributed by atoms with Crippen LogP contribution in [0.25, 0.3) is 28.1 Å². The Morgan fingerprint density at radius 1 is 1.13 bits per heavy atom. The lowest BCUT2D eigenvalue weighted by Crippen LogP contribution is -2.19. The highest BCUT2D eigenvalue weighted by atomic mass is 19.1. The number of hydrogen-bond donors (Lipinski definition) is 3. The summed E-state index contributed by atoms with van der Waals surface area (Å²) < 4.78 is 13.6. The molecule has 2 atom stereocenters. The highest BCUT2D eigenvalue weighted by molar-refractivity contribution is 5.99. The number of benzene rings is 2. The molecule has 5 nitrogen and oxygen atoms in total. The number of carbonyl (C=O) groups is 1. The molecule has 1 heterocycles. The standard InChI is InChI=1S/C25H24FNO4/c26-17-9-7-15(8-10-17)24-20-3-1-2-4-22(20)27-25(16-5-6-16)21(24)12-11-18(28)13-19(29)14-23(30)31/h1-4,7-12,16,18-19,28-29H,5-6,13-14H2,(H,30,31)/b12-11+/t18?,19-/m1/s1. The van der Waals surface area contributed by atoms with Crippen molar-refractivity contribution in [2.75, 3.05) is 0 Å². The number of aliphatic carboxylic acids is 1. The molecule has 1 unspecified atom stereocenters. The van der Waals surface area contributed by atoms with Crippen molar-refractivity contribution in [3.63, 3.8) is 0 Å². The fraction of sp³-hybridized carbons (Fsp3) is 0.280. The molecule has 6 heteroatoms. The van der Waals surface area contributed by atoms with Crippen LogP contribution in [0.3, 0.4) is 0 Å². The van der Waals surface area contributed by atoms with Gasteiger partial charge in [0.15, 0.2) is 0 Å². The second kappa shape index (κ2) is 8.96. The zero-order valence-electron chi connectivity index (χ0n) is 16.9. The van der Waals surface area contributed by atoms with E-state index in [0.29, 0.717) is 5.92 Å². The van der Waals surface area contributed by atoms with Gasteiger partial charge in [-0.05, 0) is 36.6 Å². The van der Waals surface area contributed by atoms with Crippen molar-refractivity contribution in [2.24, 2.45) is 0 Å². The minimum atomic E-state index is -1.13. The van der Waals surface area contributed by atoms with Crippen LogP contribution < -0.4 is 0 Å². The van der Waals surface area contributed by atoms with Gasteiger partial charge in [-0.15, -0.1) is 0 Å². The summed E-state index contributed by atoms with van der Waals surface area (Å²) >= 11 is 0. The average molecular weight is 421 g/mol. The number of carboxylic acid groups (broad SMARTS) is 1.